The molecule has 0 aliphatic carbocycles. The van der Waals surface area contributed by atoms with Crippen molar-refractivity contribution in [3.63, 3.8) is 0 Å². The van der Waals surface area contributed by atoms with Gasteiger partial charge in [0, 0.05) is 5.56 Å². The zero-order valence-corrected chi connectivity index (χ0v) is 12.3. The molecule has 0 aliphatic rings. The average Bonchev–Trinajstić information content (AvgIpc) is 2.57. The lowest BCUT2D eigenvalue weighted by Gasteiger charge is -2.03. The van der Waals surface area contributed by atoms with Crippen LogP contribution in [0, 0.1) is 0 Å². The Labute approximate surface area is 127 Å². The second-order valence-electron chi connectivity index (χ2n) is 4.58. The Morgan fingerprint density at radius 2 is 1.27 bits per heavy atom. The molecule has 0 fully saturated rings. The first-order valence-electron chi connectivity index (χ1n) is 6.55. The van der Waals surface area contributed by atoms with Crippen molar-refractivity contribution in [3.05, 3.63) is 66.5 Å². The molecular formula is C15H12N4O2S. The van der Waals surface area contributed by atoms with Gasteiger partial charge in [0.2, 0.25) is 5.82 Å². The van der Waals surface area contributed by atoms with Gasteiger partial charge in [0.15, 0.2) is 15.7 Å². The SMILES string of the molecule is O=S(=O)(Cc1nnc(-c2ccccc2)nn1)c1ccccc1. The van der Waals surface area contributed by atoms with E-state index in [9.17, 15) is 8.42 Å². The van der Waals surface area contributed by atoms with E-state index in [1.165, 1.54) is 12.1 Å². The minimum absolute atomic E-state index is 0.0727. The van der Waals surface area contributed by atoms with Crippen LogP contribution >= 0.6 is 0 Å². The molecule has 3 aromatic rings. The summed E-state index contributed by atoms with van der Waals surface area (Å²) in [4.78, 5) is 0.228. The molecule has 0 saturated heterocycles. The van der Waals surface area contributed by atoms with Crippen LogP contribution in [0.15, 0.2) is 65.6 Å². The molecule has 1 aromatic heterocycles. The molecule has 0 atom stereocenters. The highest BCUT2D eigenvalue weighted by molar-refractivity contribution is 7.90. The molecule has 0 unspecified atom stereocenters. The number of hydrogen-bond acceptors (Lipinski definition) is 6. The summed E-state index contributed by atoms with van der Waals surface area (Å²) >= 11 is 0. The van der Waals surface area contributed by atoms with Gasteiger partial charge in [-0.2, -0.15) is 0 Å². The molecule has 110 valence electrons. The molecule has 6 nitrogen and oxygen atoms in total. The lowest BCUT2D eigenvalue weighted by Crippen LogP contribution is -2.10. The molecule has 22 heavy (non-hydrogen) atoms. The molecule has 2 aromatic carbocycles. The first kappa shape index (κ1) is 14.3. The minimum Gasteiger partial charge on any atom is -0.223 e. The average molecular weight is 312 g/mol. The largest absolute Gasteiger partial charge is 0.223 e. The number of benzene rings is 2. The van der Waals surface area contributed by atoms with Gasteiger partial charge in [0.1, 0.15) is 5.75 Å². The van der Waals surface area contributed by atoms with Gasteiger partial charge >= 0.3 is 0 Å². The van der Waals surface area contributed by atoms with E-state index in [0.717, 1.165) is 5.56 Å². The topological polar surface area (TPSA) is 85.7 Å². The summed E-state index contributed by atoms with van der Waals surface area (Å²) in [7, 11) is -3.50. The molecule has 0 spiro atoms. The summed E-state index contributed by atoms with van der Waals surface area (Å²) < 4.78 is 24.4. The van der Waals surface area contributed by atoms with E-state index in [1.54, 1.807) is 18.2 Å². The van der Waals surface area contributed by atoms with Gasteiger partial charge in [-0.15, -0.1) is 20.4 Å². The van der Waals surface area contributed by atoms with Gasteiger partial charge in [0.25, 0.3) is 0 Å². The van der Waals surface area contributed by atoms with Crippen molar-refractivity contribution < 1.29 is 8.42 Å². The maximum atomic E-state index is 12.2. The molecule has 0 saturated carbocycles. The first-order chi connectivity index (χ1) is 10.6. The molecule has 0 radical (unpaired) electrons. The van der Waals surface area contributed by atoms with Gasteiger partial charge in [-0.3, -0.25) is 0 Å². The summed E-state index contributed by atoms with van der Waals surface area (Å²) in [5.41, 5.74) is 0.778. The Balaban J connectivity index is 1.83. The second-order valence-corrected chi connectivity index (χ2v) is 6.57. The van der Waals surface area contributed by atoms with Crippen LogP contribution in [0.4, 0.5) is 0 Å². The Hall–Kier alpha value is -2.67. The number of nitrogens with zero attached hydrogens (tertiary/aromatic N) is 4. The van der Waals surface area contributed by atoms with E-state index in [2.05, 4.69) is 20.4 Å². The van der Waals surface area contributed by atoms with Crippen LogP contribution in [-0.2, 0) is 15.6 Å². The predicted molar refractivity (Wildman–Crippen MR) is 80.4 cm³/mol. The third kappa shape index (κ3) is 3.15. The van der Waals surface area contributed by atoms with Gasteiger partial charge in [0.05, 0.1) is 4.90 Å². The molecule has 1 heterocycles. The lowest BCUT2D eigenvalue weighted by molar-refractivity contribution is 0.592. The van der Waals surface area contributed by atoms with Gasteiger partial charge < -0.3 is 0 Å². The van der Waals surface area contributed by atoms with Crippen LogP contribution in [-0.4, -0.2) is 28.8 Å². The molecule has 3 rings (SSSR count). The summed E-state index contributed by atoms with van der Waals surface area (Å²) in [5.74, 6) is 0.108. The fraction of sp³-hybridized carbons (Fsp3) is 0.0667. The third-order valence-electron chi connectivity index (χ3n) is 2.97. The third-order valence-corrected chi connectivity index (χ3v) is 4.60. The van der Waals surface area contributed by atoms with Crippen LogP contribution in [0.1, 0.15) is 5.82 Å². The van der Waals surface area contributed by atoms with E-state index in [4.69, 9.17) is 0 Å². The molecule has 0 bridgehead atoms. The molecule has 0 N–H and O–H groups in total. The van der Waals surface area contributed by atoms with Crippen molar-refractivity contribution in [1.29, 1.82) is 0 Å². The van der Waals surface area contributed by atoms with Crippen molar-refractivity contribution in [2.24, 2.45) is 0 Å². The minimum atomic E-state index is -3.50. The maximum Gasteiger partial charge on any atom is 0.203 e. The second kappa shape index (κ2) is 5.98. The first-order valence-corrected chi connectivity index (χ1v) is 8.20. The highest BCUT2D eigenvalue weighted by Gasteiger charge is 2.17. The quantitative estimate of drug-likeness (QED) is 0.731. The highest BCUT2D eigenvalue weighted by atomic mass is 32.2. The Morgan fingerprint density at radius 3 is 1.86 bits per heavy atom. The van der Waals surface area contributed by atoms with E-state index < -0.39 is 9.84 Å². The smallest absolute Gasteiger partial charge is 0.203 e. The molecule has 7 heteroatoms. The Kier molecular flexibility index (Phi) is 3.88. The summed E-state index contributed by atoms with van der Waals surface area (Å²) in [6.07, 6.45) is 0. The standard InChI is InChI=1S/C15H12N4O2S/c20-22(21,13-9-5-2-6-10-13)11-14-16-18-15(19-17-14)12-7-3-1-4-8-12/h1-10H,11H2. The Bertz CT molecular complexity index is 851. The van der Waals surface area contributed by atoms with Crippen LogP contribution < -0.4 is 0 Å². The zero-order chi connectivity index (χ0) is 15.4. The maximum absolute atomic E-state index is 12.2. The highest BCUT2D eigenvalue weighted by Crippen LogP contribution is 2.15. The summed E-state index contributed by atoms with van der Waals surface area (Å²) in [5, 5.41) is 15.6. The van der Waals surface area contributed by atoms with E-state index >= 15 is 0 Å². The number of rotatable bonds is 4. The monoisotopic (exact) mass is 312 g/mol. The predicted octanol–water partition coefficient (Wildman–Crippen LogP) is 1.91. The molecular weight excluding hydrogens is 300 g/mol. The fourth-order valence-corrected chi connectivity index (χ4v) is 3.09. The normalized spacial score (nSPS) is 11.3. The van der Waals surface area contributed by atoms with Crippen LogP contribution in [0.5, 0.6) is 0 Å². The molecule has 0 amide bonds. The summed E-state index contributed by atoms with van der Waals surface area (Å²) in [6.45, 7) is 0. The van der Waals surface area contributed by atoms with Crippen molar-refractivity contribution in [3.8, 4) is 11.4 Å². The van der Waals surface area contributed by atoms with Crippen molar-refractivity contribution >= 4 is 9.84 Å². The van der Waals surface area contributed by atoms with E-state index in [1.807, 2.05) is 30.3 Å². The van der Waals surface area contributed by atoms with Gasteiger partial charge in [-0.25, -0.2) is 8.42 Å². The van der Waals surface area contributed by atoms with Crippen LogP contribution in [0.2, 0.25) is 0 Å². The van der Waals surface area contributed by atoms with Crippen LogP contribution in [0.25, 0.3) is 11.4 Å². The van der Waals surface area contributed by atoms with Crippen molar-refractivity contribution in [1.82, 2.24) is 20.4 Å². The van der Waals surface area contributed by atoms with E-state index in [0.29, 0.717) is 5.82 Å². The summed E-state index contributed by atoms with van der Waals surface area (Å²) in [6, 6.07) is 17.4. The zero-order valence-electron chi connectivity index (χ0n) is 11.5. The van der Waals surface area contributed by atoms with Crippen molar-refractivity contribution in [2.45, 2.75) is 10.6 Å². The number of aromatic nitrogens is 4. The lowest BCUT2D eigenvalue weighted by atomic mass is 10.2. The van der Waals surface area contributed by atoms with Crippen LogP contribution in [0.3, 0.4) is 0 Å². The van der Waals surface area contributed by atoms with Gasteiger partial charge in [-0.05, 0) is 12.1 Å². The van der Waals surface area contributed by atoms with Crippen molar-refractivity contribution in [2.75, 3.05) is 0 Å². The van der Waals surface area contributed by atoms with E-state index in [-0.39, 0.29) is 16.5 Å². The number of hydrogen-bond donors (Lipinski definition) is 0. The number of sulfone groups is 1. The van der Waals surface area contributed by atoms with Gasteiger partial charge in [-0.1, -0.05) is 48.5 Å². The Morgan fingerprint density at radius 1 is 0.727 bits per heavy atom. The fourth-order valence-electron chi connectivity index (χ4n) is 1.89. The molecule has 0 aliphatic heterocycles.